The van der Waals surface area contributed by atoms with Crippen LogP contribution in [0.2, 0.25) is 0 Å². The van der Waals surface area contributed by atoms with E-state index in [0.717, 1.165) is 18.2 Å². The van der Waals surface area contributed by atoms with E-state index in [9.17, 15) is 13.3 Å². The predicted molar refractivity (Wildman–Crippen MR) is 105 cm³/mol. The van der Waals surface area contributed by atoms with Gasteiger partial charge >= 0.3 is 7.82 Å². The number of nitrogens with one attached hydrogen (secondary N) is 1. The fourth-order valence-electron chi connectivity index (χ4n) is 2.42. The molecule has 0 saturated carbocycles. The summed E-state index contributed by atoms with van der Waals surface area (Å²) >= 11 is 0. The zero-order valence-corrected chi connectivity index (χ0v) is 17.9. The second kappa shape index (κ2) is 10.9. The molecule has 0 radical (unpaired) electrons. The Hall–Kier alpha value is -1.92. The van der Waals surface area contributed by atoms with Gasteiger partial charge in [-0.1, -0.05) is 20.8 Å². The van der Waals surface area contributed by atoms with E-state index in [-0.39, 0.29) is 40.1 Å². The van der Waals surface area contributed by atoms with Gasteiger partial charge in [0, 0.05) is 18.2 Å². The van der Waals surface area contributed by atoms with Crippen molar-refractivity contribution in [1.82, 2.24) is 15.1 Å². The molecule has 2 rings (SSSR count). The number of benzene rings is 1. The Balaban J connectivity index is 0.00000420. The van der Waals surface area contributed by atoms with Crippen LogP contribution in [0.3, 0.4) is 0 Å². The van der Waals surface area contributed by atoms with E-state index in [0.29, 0.717) is 6.54 Å². The molecule has 0 spiro atoms. The number of phosphoric ester groups is 1. The Kier molecular flexibility index (Phi) is 10.2. The third-order valence-electron chi connectivity index (χ3n) is 3.54. The summed E-state index contributed by atoms with van der Waals surface area (Å²) in [7, 11) is -3.32. The van der Waals surface area contributed by atoms with Gasteiger partial charge in [-0.05, 0) is 30.7 Å². The smallest absolute Gasteiger partial charge is 0.471 e. The molecule has 10 nitrogen and oxygen atoms in total. The number of ether oxygens (including phenoxy) is 1. The minimum Gasteiger partial charge on any atom is -0.473 e. The van der Waals surface area contributed by atoms with Crippen LogP contribution in [0.5, 0.6) is 5.88 Å². The van der Waals surface area contributed by atoms with Crippen LogP contribution < -0.4 is 10.1 Å². The first-order valence-electron chi connectivity index (χ1n) is 8.43. The highest BCUT2D eigenvalue weighted by atomic mass is 31.2. The van der Waals surface area contributed by atoms with Gasteiger partial charge in [-0.15, -0.1) is 0 Å². The highest BCUT2D eigenvalue weighted by Crippen LogP contribution is 2.41. The number of halogens is 2. The molecule has 7 N–H and O–H groups in total. The maximum absolute atomic E-state index is 13.8. The number of nitrogens with zero attached hydrogens (tertiary/aromatic N) is 2. The van der Waals surface area contributed by atoms with Gasteiger partial charge in [0.15, 0.2) is 6.23 Å². The van der Waals surface area contributed by atoms with Crippen LogP contribution in [0, 0.1) is 17.0 Å². The zero-order chi connectivity index (χ0) is 21.1. The zero-order valence-electron chi connectivity index (χ0n) is 17.0. The molecule has 0 amide bonds. The van der Waals surface area contributed by atoms with Crippen LogP contribution in [0.1, 0.15) is 38.3 Å². The lowest BCUT2D eigenvalue weighted by Crippen LogP contribution is -2.21. The number of hydrogen-bond donors (Lipinski definition) is 3. The van der Waals surface area contributed by atoms with Gasteiger partial charge in [0.2, 0.25) is 5.88 Å². The van der Waals surface area contributed by atoms with Crippen molar-refractivity contribution in [3.8, 4) is 5.88 Å². The molecule has 172 valence electrons. The van der Waals surface area contributed by atoms with Crippen molar-refractivity contribution in [3.05, 3.63) is 47.2 Å². The highest BCUT2D eigenvalue weighted by molar-refractivity contribution is 7.46. The normalized spacial score (nSPS) is 12.7. The number of hydrogen-bond acceptors (Lipinski definition) is 5. The molecule has 1 atom stereocenters. The maximum Gasteiger partial charge on any atom is 0.471 e. The van der Waals surface area contributed by atoms with Crippen LogP contribution in [0.25, 0.3) is 0 Å². The van der Waals surface area contributed by atoms with E-state index in [4.69, 9.17) is 14.5 Å². The standard InChI is InChI=1S/C17H24F2N3O5P.2H2O/c1-17(2,3)10-22-15(26-9-11-7-12(18)5-6-13(11)19)8-14(21-22)16(20-4)27-28(23,24)25;;/h5-8,16,20H,9-10H2,1-4H3,(H2,23,24,25);2*1H2. The minimum atomic E-state index is -4.77. The van der Waals surface area contributed by atoms with Crippen LogP contribution in [0.4, 0.5) is 8.78 Å². The van der Waals surface area contributed by atoms with Gasteiger partial charge in [-0.25, -0.2) is 18.0 Å². The second-order valence-electron chi connectivity index (χ2n) is 7.41. The first-order valence-corrected chi connectivity index (χ1v) is 9.97. The van der Waals surface area contributed by atoms with E-state index in [1.54, 1.807) is 0 Å². The third-order valence-corrected chi connectivity index (χ3v) is 4.03. The summed E-state index contributed by atoms with van der Waals surface area (Å²) in [4.78, 5) is 18.1. The van der Waals surface area contributed by atoms with Crippen molar-refractivity contribution < 1.29 is 43.3 Å². The summed E-state index contributed by atoms with van der Waals surface area (Å²) in [6.07, 6.45) is -1.18. The predicted octanol–water partition coefficient (Wildman–Crippen LogP) is 1.46. The van der Waals surface area contributed by atoms with E-state index in [1.165, 1.54) is 17.8 Å². The fraction of sp³-hybridized carbons (Fsp3) is 0.471. The largest absolute Gasteiger partial charge is 0.473 e. The molecular formula is C17H28F2N3O7P. The van der Waals surface area contributed by atoms with E-state index in [1.807, 2.05) is 20.8 Å². The summed E-state index contributed by atoms with van der Waals surface area (Å²) in [6, 6.07) is 4.49. The fourth-order valence-corrected chi connectivity index (χ4v) is 2.91. The van der Waals surface area contributed by atoms with Crippen LogP contribution in [0.15, 0.2) is 24.3 Å². The average Bonchev–Trinajstić information content (AvgIpc) is 2.93. The maximum atomic E-state index is 13.8. The van der Waals surface area contributed by atoms with Gasteiger partial charge in [0.05, 0.1) is 0 Å². The molecule has 13 heteroatoms. The topological polar surface area (TPSA) is 169 Å². The molecule has 2 aromatic rings. The second-order valence-corrected chi connectivity index (χ2v) is 8.61. The quantitative estimate of drug-likeness (QED) is 0.400. The molecule has 1 aromatic heterocycles. The summed E-state index contributed by atoms with van der Waals surface area (Å²) in [5.74, 6) is -0.973. The van der Waals surface area contributed by atoms with Gasteiger partial charge in [-0.2, -0.15) is 5.10 Å². The number of aromatic nitrogens is 2. The first kappa shape index (κ1) is 28.1. The highest BCUT2D eigenvalue weighted by Gasteiger charge is 2.27. The summed E-state index contributed by atoms with van der Waals surface area (Å²) < 4.78 is 50.1. The molecule has 30 heavy (non-hydrogen) atoms. The van der Waals surface area contributed by atoms with Gasteiger partial charge in [0.25, 0.3) is 0 Å². The van der Waals surface area contributed by atoms with Gasteiger partial charge in [-0.3, -0.25) is 9.84 Å². The Morgan fingerprint density at radius 3 is 2.40 bits per heavy atom. The Morgan fingerprint density at radius 1 is 1.23 bits per heavy atom. The monoisotopic (exact) mass is 455 g/mol. The molecular weight excluding hydrogens is 427 g/mol. The Labute approximate surface area is 172 Å². The summed E-state index contributed by atoms with van der Waals surface area (Å²) in [5.41, 5.74) is -0.00317. The van der Waals surface area contributed by atoms with Crippen molar-refractivity contribution in [2.24, 2.45) is 5.41 Å². The molecule has 0 bridgehead atoms. The molecule has 0 saturated heterocycles. The Bertz CT molecular complexity index is 868. The van der Waals surface area contributed by atoms with Crippen LogP contribution >= 0.6 is 7.82 Å². The molecule has 0 aliphatic heterocycles. The lowest BCUT2D eigenvalue weighted by Gasteiger charge is -2.20. The molecule has 1 heterocycles. The van der Waals surface area contributed by atoms with E-state index >= 15 is 0 Å². The Morgan fingerprint density at radius 2 is 1.87 bits per heavy atom. The number of rotatable bonds is 8. The lowest BCUT2D eigenvalue weighted by atomic mass is 9.97. The van der Waals surface area contributed by atoms with E-state index in [2.05, 4.69) is 14.9 Å². The van der Waals surface area contributed by atoms with Gasteiger partial charge < -0.3 is 25.5 Å². The van der Waals surface area contributed by atoms with Crippen molar-refractivity contribution in [2.45, 2.75) is 40.2 Å². The minimum absolute atomic E-state index is 0. The van der Waals surface area contributed by atoms with Crippen molar-refractivity contribution in [2.75, 3.05) is 7.05 Å². The average molecular weight is 455 g/mol. The first-order chi connectivity index (χ1) is 12.9. The molecule has 0 aliphatic rings. The summed E-state index contributed by atoms with van der Waals surface area (Å²) in [5, 5.41) is 6.91. The van der Waals surface area contributed by atoms with Gasteiger partial charge in [0.1, 0.15) is 23.9 Å². The van der Waals surface area contributed by atoms with Crippen molar-refractivity contribution in [3.63, 3.8) is 0 Å². The van der Waals surface area contributed by atoms with E-state index < -0.39 is 25.7 Å². The molecule has 0 fully saturated rings. The molecule has 1 unspecified atom stereocenters. The molecule has 0 aliphatic carbocycles. The van der Waals surface area contributed by atoms with Crippen LogP contribution in [-0.2, 0) is 22.2 Å². The lowest BCUT2D eigenvalue weighted by molar-refractivity contribution is 0.111. The molecule has 1 aromatic carbocycles. The van der Waals surface area contributed by atoms with Crippen molar-refractivity contribution in [1.29, 1.82) is 0 Å². The number of phosphoric acid groups is 1. The van der Waals surface area contributed by atoms with Crippen LogP contribution in [-0.4, -0.2) is 37.6 Å². The SMILES string of the molecule is CNC(OP(=O)(O)O)c1cc(OCc2cc(F)ccc2F)n(CC(C)(C)C)n1.O.O. The third kappa shape index (κ3) is 8.44. The summed E-state index contributed by atoms with van der Waals surface area (Å²) in [6.45, 7) is 6.05. The van der Waals surface area contributed by atoms with Crippen molar-refractivity contribution >= 4 is 7.82 Å².